The van der Waals surface area contributed by atoms with Crippen LogP contribution in [0.1, 0.15) is 29.4 Å². The highest BCUT2D eigenvalue weighted by molar-refractivity contribution is 7.91. The highest BCUT2D eigenvalue weighted by Crippen LogP contribution is 2.23. The van der Waals surface area contributed by atoms with E-state index in [1.807, 2.05) is 25.1 Å². The van der Waals surface area contributed by atoms with Gasteiger partial charge in [-0.3, -0.25) is 4.79 Å². The Kier molecular flexibility index (Phi) is 6.16. The molecule has 1 heterocycles. The maximum absolute atomic E-state index is 12.3. The molecule has 0 aliphatic heterocycles. The SMILES string of the molecule is CCCS(=O)(=O)c1ccc(-c2cc(C(=O)NCc3ccccc3Cl)no2)cc1. The molecule has 0 aliphatic rings. The number of sulfone groups is 1. The largest absolute Gasteiger partial charge is 0.355 e. The van der Waals surface area contributed by atoms with E-state index in [0.717, 1.165) is 5.56 Å². The maximum atomic E-state index is 12.3. The van der Waals surface area contributed by atoms with Gasteiger partial charge < -0.3 is 9.84 Å². The number of hydrogen-bond acceptors (Lipinski definition) is 5. The Morgan fingerprint density at radius 3 is 2.54 bits per heavy atom. The molecule has 0 saturated heterocycles. The third-order valence-corrected chi connectivity index (χ3v) is 6.42. The first-order valence-corrected chi connectivity index (χ1v) is 10.8. The van der Waals surface area contributed by atoms with E-state index >= 15 is 0 Å². The summed E-state index contributed by atoms with van der Waals surface area (Å²) in [5, 5.41) is 7.10. The summed E-state index contributed by atoms with van der Waals surface area (Å²) in [5.74, 6) is 0.0871. The minimum Gasteiger partial charge on any atom is -0.355 e. The van der Waals surface area contributed by atoms with Crippen molar-refractivity contribution in [3.8, 4) is 11.3 Å². The molecular weight excluding hydrogens is 400 g/mol. The minimum absolute atomic E-state index is 0.102. The summed E-state index contributed by atoms with van der Waals surface area (Å²) in [6.45, 7) is 2.09. The molecule has 8 heteroatoms. The lowest BCUT2D eigenvalue weighted by molar-refractivity contribution is 0.0942. The van der Waals surface area contributed by atoms with Crippen molar-refractivity contribution in [3.05, 3.63) is 70.9 Å². The van der Waals surface area contributed by atoms with Gasteiger partial charge in [-0.25, -0.2) is 8.42 Å². The van der Waals surface area contributed by atoms with Crippen LogP contribution in [-0.2, 0) is 16.4 Å². The standard InChI is InChI=1S/C20H19ClN2O4S/c1-2-11-28(25,26)16-9-7-14(8-10-16)19-12-18(23-27-19)20(24)22-13-15-5-3-4-6-17(15)21/h3-10,12H,2,11,13H2,1H3,(H,22,24). The number of carbonyl (C=O) groups is 1. The number of amides is 1. The van der Waals surface area contributed by atoms with Crippen LogP contribution in [0.2, 0.25) is 5.02 Å². The number of nitrogens with zero attached hydrogens (tertiary/aromatic N) is 1. The molecule has 3 aromatic rings. The van der Waals surface area contributed by atoms with Gasteiger partial charge in [0.25, 0.3) is 5.91 Å². The number of nitrogens with one attached hydrogen (secondary N) is 1. The molecule has 28 heavy (non-hydrogen) atoms. The Hall–Kier alpha value is -2.64. The molecule has 0 bridgehead atoms. The molecule has 0 atom stereocenters. The second kappa shape index (κ2) is 8.58. The summed E-state index contributed by atoms with van der Waals surface area (Å²) in [4.78, 5) is 12.5. The average Bonchev–Trinajstić information content (AvgIpc) is 3.17. The minimum atomic E-state index is -3.28. The van der Waals surface area contributed by atoms with E-state index < -0.39 is 15.7 Å². The molecule has 1 N–H and O–H groups in total. The lowest BCUT2D eigenvalue weighted by atomic mass is 10.1. The van der Waals surface area contributed by atoms with Gasteiger partial charge in [0.1, 0.15) is 0 Å². The van der Waals surface area contributed by atoms with Crippen LogP contribution in [-0.4, -0.2) is 25.2 Å². The molecule has 6 nitrogen and oxygen atoms in total. The Labute approximate surface area is 168 Å². The van der Waals surface area contributed by atoms with E-state index in [9.17, 15) is 13.2 Å². The zero-order valence-corrected chi connectivity index (χ0v) is 16.8. The number of rotatable bonds is 7. The van der Waals surface area contributed by atoms with E-state index in [4.69, 9.17) is 16.1 Å². The highest BCUT2D eigenvalue weighted by atomic mass is 35.5. The van der Waals surface area contributed by atoms with E-state index in [1.54, 1.807) is 18.2 Å². The van der Waals surface area contributed by atoms with Crippen molar-refractivity contribution < 1.29 is 17.7 Å². The fraction of sp³-hybridized carbons (Fsp3) is 0.200. The second-order valence-electron chi connectivity index (χ2n) is 6.19. The lowest BCUT2D eigenvalue weighted by Gasteiger charge is -2.04. The van der Waals surface area contributed by atoms with Crippen molar-refractivity contribution in [1.82, 2.24) is 10.5 Å². The summed E-state index contributed by atoms with van der Waals surface area (Å²) in [7, 11) is -3.28. The Morgan fingerprint density at radius 2 is 1.86 bits per heavy atom. The average molecular weight is 419 g/mol. The third kappa shape index (κ3) is 4.61. The van der Waals surface area contributed by atoms with Gasteiger partial charge in [0, 0.05) is 23.2 Å². The predicted octanol–water partition coefficient (Wildman–Crippen LogP) is 4.11. The van der Waals surface area contributed by atoms with Crippen LogP contribution in [0.5, 0.6) is 0 Å². The lowest BCUT2D eigenvalue weighted by Crippen LogP contribution is -2.23. The molecule has 2 aromatic carbocycles. The third-order valence-electron chi connectivity index (χ3n) is 4.11. The summed E-state index contributed by atoms with van der Waals surface area (Å²) < 4.78 is 29.4. The number of hydrogen-bond donors (Lipinski definition) is 1. The van der Waals surface area contributed by atoms with Crippen LogP contribution in [0.4, 0.5) is 0 Å². The predicted molar refractivity (Wildman–Crippen MR) is 107 cm³/mol. The van der Waals surface area contributed by atoms with E-state index in [1.165, 1.54) is 18.2 Å². The Bertz CT molecular complexity index is 1080. The molecule has 0 spiro atoms. The van der Waals surface area contributed by atoms with Crippen molar-refractivity contribution in [2.75, 3.05) is 5.75 Å². The van der Waals surface area contributed by atoms with Crippen LogP contribution in [0.25, 0.3) is 11.3 Å². The molecule has 146 valence electrons. The van der Waals surface area contributed by atoms with Crippen LogP contribution < -0.4 is 5.32 Å². The number of benzene rings is 2. The number of halogens is 1. The van der Waals surface area contributed by atoms with Crippen LogP contribution in [0, 0.1) is 0 Å². The van der Waals surface area contributed by atoms with Gasteiger partial charge in [0.2, 0.25) is 0 Å². The molecule has 3 rings (SSSR count). The topological polar surface area (TPSA) is 89.3 Å². The van der Waals surface area contributed by atoms with Gasteiger partial charge in [0.15, 0.2) is 21.3 Å². The zero-order chi connectivity index (χ0) is 20.1. The van der Waals surface area contributed by atoms with Crippen molar-refractivity contribution in [2.45, 2.75) is 24.8 Å². The van der Waals surface area contributed by atoms with Crippen molar-refractivity contribution >= 4 is 27.3 Å². The van der Waals surface area contributed by atoms with Crippen molar-refractivity contribution in [1.29, 1.82) is 0 Å². The van der Waals surface area contributed by atoms with Gasteiger partial charge in [0.05, 0.1) is 10.6 Å². The first-order valence-electron chi connectivity index (χ1n) is 8.72. The molecule has 1 amide bonds. The van der Waals surface area contributed by atoms with Gasteiger partial charge in [-0.2, -0.15) is 0 Å². The fourth-order valence-corrected chi connectivity index (χ4v) is 4.17. The van der Waals surface area contributed by atoms with Crippen molar-refractivity contribution in [2.24, 2.45) is 0 Å². The monoisotopic (exact) mass is 418 g/mol. The molecule has 0 fully saturated rings. The molecular formula is C20H19ClN2O4S. The van der Waals surface area contributed by atoms with Crippen molar-refractivity contribution in [3.63, 3.8) is 0 Å². The smallest absolute Gasteiger partial charge is 0.273 e. The molecule has 0 radical (unpaired) electrons. The van der Waals surface area contributed by atoms with Gasteiger partial charge >= 0.3 is 0 Å². The second-order valence-corrected chi connectivity index (χ2v) is 8.71. The zero-order valence-electron chi connectivity index (χ0n) is 15.2. The van der Waals surface area contributed by atoms with Gasteiger partial charge in [-0.15, -0.1) is 0 Å². The van der Waals surface area contributed by atoms with Crippen LogP contribution in [0.15, 0.2) is 64.0 Å². The van der Waals surface area contributed by atoms with Crippen LogP contribution >= 0.6 is 11.6 Å². The quantitative estimate of drug-likeness (QED) is 0.623. The summed E-state index contributed by atoms with van der Waals surface area (Å²) >= 11 is 6.07. The fourth-order valence-electron chi connectivity index (χ4n) is 2.64. The molecule has 0 aliphatic carbocycles. The Morgan fingerprint density at radius 1 is 1.14 bits per heavy atom. The first kappa shape index (κ1) is 20.1. The normalized spacial score (nSPS) is 11.4. The van der Waals surface area contributed by atoms with E-state index in [2.05, 4.69) is 10.5 Å². The summed E-state index contributed by atoms with van der Waals surface area (Å²) in [6, 6.07) is 15.1. The van der Waals surface area contributed by atoms with Crippen LogP contribution in [0.3, 0.4) is 0 Å². The number of aromatic nitrogens is 1. The Balaban J connectivity index is 1.69. The first-order chi connectivity index (χ1) is 13.4. The molecule has 1 aromatic heterocycles. The summed E-state index contributed by atoms with van der Waals surface area (Å²) in [6.07, 6.45) is 0.554. The van der Waals surface area contributed by atoms with Gasteiger partial charge in [-0.05, 0) is 42.3 Å². The summed E-state index contributed by atoms with van der Waals surface area (Å²) in [5.41, 5.74) is 1.56. The number of carbonyl (C=O) groups excluding carboxylic acids is 1. The molecule has 0 unspecified atom stereocenters. The molecule has 0 saturated carbocycles. The van der Waals surface area contributed by atoms with E-state index in [0.29, 0.717) is 22.8 Å². The van der Waals surface area contributed by atoms with Gasteiger partial charge in [-0.1, -0.05) is 41.9 Å². The maximum Gasteiger partial charge on any atom is 0.273 e. The van der Waals surface area contributed by atoms with E-state index in [-0.39, 0.29) is 22.9 Å². The highest BCUT2D eigenvalue weighted by Gasteiger charge is 2.16.